The van der Waals surface area contributed by atoms with E-state index in [1.807, 2.05) is 0 Å². The lowest BCUT2D eigenvalue weighted by molar-refractivity contribution is -0.140. The second-order valence-corrected chi connectivity index (χ2v) is 4.34. The van der Waals surface area contributed by atoms with E-state index in [4.69, 9.17) is 0 Å². The molecule has 1 rings (SSSR count). The van der Waals surface area contributed by atoms with Gasteiger partial charge in [-0.25, -0.2) is 0 Å². The van der Waals surface area contributed by atoms with Crippen LogP contribution in [0.3, 0.4) is 0 Å². The van der Waals surface area contributed by atoms with Gasteiger partial charge in [0.25, 0.3) is 0 Å². The van der Waals surface area contributed by atoms with E-state index in [1.165, 1.54) is 7.11 Å². The first kappa shape index (κ1) is 13.7. The van der Waals surface area contributed by atoms with Crippen LogP contribution in [0.25, 0.3) is 0 Å². The van der Waals surface area contributed by atoms with Crippen molar-refractivity contribution in [1.82, 2.24) is 0 Å². The molecule has 1 aliphatic carbocycles. The number of hydrogen-bond donors (Lipinski definition) is 1. The van der Waals surface area contributed by atoms with Crippen molar-refractivity contribution in [2.45, 2.75) is 51.4 Å². The summed E-state index contributed by atoms with van der Waals surface area (Å²) < 4.78 is 4.52. The lowest BCUT2D eigenvalue weighted by Crippen LogP contribution is -2.11. The highest BCUT2D eigenvalue weighted by molar-refractivity contribution is 5.96. The highest BCUT2D eigenvalue weighted by Gasteiger charge is 2.18. The van der Waals surface area contributed by atoms with Gasteiger partial charge in [-0.3, -0.25) is 9.59 Å². The molecule has 0 bridgehead atoms. The molecule has 4 nitrogen and oxygen atoms in total. The van der Waals surface area contributed by atoms with Crippen LogP contribution in [0.5, 0.6) is 0 Å². The fraction of sp³-hybridized carbons (Fsp3) is 0.692. The number of ether oxygens (including phenoxy) is 1. The minimum Gasteiger partial charge on any atom is -0.512 e. The van der Waals surface area contributed by atoms with Gasteiger partial charge in [-0.15, -0.1) is 0 Å². The van der Waals surface area contributed by atoms with E-state index in [-0.39, 0.29) is 17.5 Å². The molecule has 0 aromatic heterocycles. The Morgan fingerprint density at radius 2 is 1.88 bits per heavy atom. The molecule has 96 valence electrons. The summed E-state index contributed by atoms with van der Waals surface area (Å²) >= 11 is 0. The molecule has 0 saturated heterocycles. The van der Waals surface area contributed by atoms with Crippen molar-refractivity contribution in [3.05, 3.63) is 11.3 Å². The second-order valence-electron chi connectivity index (χ2n) is 4.34. The van der Waals surface area contributed by atoms with E-state index in [1.54, 1.807) is 0 Å². The van der Waals surface area contributed by atoms with Crippen molar-refractivity contribution < 1.29 is 19.4 Å². The number of unbranched alkanes of at least 4 members (excludes halogenated alkanes) is 1. The van der Waals surface area contributed by atoms with Crippen molar-refractivity contribution in [3.8, 4) is 0 Å². The number of allylic oxidation sites excluding steroid dienone is 2. The van der Waals surface area contributed by atoms with Gasteiger partial charge in [-0.05, 0) is 32.1 Å². The molecule has 17 heavy (non-hydrogen) atoms. The Morgan fingerprint density at radius 3 is 2.53 bits per heavy atom. The maximum atomic E-state index is 11.5. The number of carbonyl (C=O) groups is 2. The number of esters is 1. The average molecular weight is 240 g/mol. The second kappa shape index (κ2) is 7.09. The van der Waals surface area contributed by atoms with E-state index >= 15 is 0 Å². The van der Waals surface area contributed by atoms with E-state index in [9.17, 15) is 14.7 Å². The first-order valence-electron chi connectivity index (χ1n) is 6.16. The van der Waals surface area contributed by atoms with Gasteiger partial charge in [-0.2, -0.15) is 0 Å². The average Bonchev–Trinajstić information content (AvgIpc) is 2.34. The third-order valence-electron chi connectivity index (χ3n) is 3.04. The molecule has 4 heteroatoms. The largest absolute Gasteiger partial charge is 0.512 e. The number of ketones is 1. The Kier molecular flexibility index (Phi) is 5.73. The highest BCUT2D eigenvalue weighted by Crippen LogP contribution is 2.24. The Balaban J connectivity index is 2.32. The maximum absolute atomic E-state index is 11.5. The minimum atomic E-state index is -0.231. The third kappa shape index (κ3) is 4.59. The summed E-state index contributed by atoms with van der Waals surface area (Å²) in [5, 5.41) is 9.81. The quantitative estimate of drug-likeness (QED) is 0.347. The standard InChI is InChI=1S/C13H20O4/c1-17-13(16)9-5-4-8-12(15)10-6-2-3-7-11(10)14/h15H,2-9H2,1H3. The normalized spacial score (nSPS) is 19.0. The van der Waals surface area contributed by atoms with E-state index < -0.39 is 0 Å². The lowest BCUT2D eigenvalue weighted by atomic mass is 9.91. The summed E-state index contributed by atoms with van der Waals surface area (Å²) in [6, 6.07) is 0. The van der Waals surface area contributed by atoms with Gasteiger partial charge in [-0.1, -0.05) is 0 Å². The van der Waals surface area contributed by atoms with Crippen LogP contribution in [0, 0.1) is 0 Å². The molecule has 0 spiro atoms. The van der Waals surface area contributed by atoms with Gasteiger partial charge in [0, 0.05) is 24.8 Å². The van der Waals surface area contributed by atoms with Gasteiger partial charge in [0.1, 0.15) is 0 Å². The van der Waals surface area contributed by atoms with Crippen LogP contribution in [0.15, 0.2) is 11.3 Å². The number of aliphatic hydroxyl groups excluding tert-OH is 1. The molecule has 0 radical (unpaired) electrons. The number of methoxy groups -OCH3 is 1. The van der Waals surface area contributed by atoms with E-state index in [0.717, 1.165) is 12.8 Å². The first-order chi connectivity index (χ1) is 8.15. The SMILES string of the molecule is COC(=O)CCCCC(O)=C1CCCCC1=O. The zero-order chi connectivity index (χ0) is 12.7. The van der Waals surface area contributed by atoms with Gasteiger partial charge < -0.3 is 9.84 Å². The topological polar surface area (TPSA) is 63.6 Å². The summed E-state index contributed by atoms with van der Waals surface area (Å²) in [7, 11) is 1.36. The molecule has 0 aromatic rings. The molecule has 1 saturated carbocycles. The number of aliphatic hydroxyl groups is 1. The molecule has 0 heterocycles. The third-order valence-corrected chi connectivity index (χ3v) is 3.04. The number of Topliss-reactive ketones (excluding diaryl/α,β-unsaturated/α-hetero) is 1. The zero-order valence-electron chi connectivity index (χ0n) is 10.3. The highest BCUT2D eigenvalue weighted by atomic mass is 16.5. The van der Waals surface area contributed by atoms with Crippen LogP contribution in [0.1, 0.15) is 51.4 Å². The monoisotopic (exact) mass is 240 g/mol. The molecule has 0 aliphatic heterocycles. The summed E-state index contributed by atoms with van der Waals surface area (Å²) in [5.41, 5.74) is 0.606. The maximum Gasteiger partial charge on any atom is 0.305 e. The molecule has 1 fully saturated rings. The zero-order valence-corrected chi connectivity index (χ0v) is 10.3. The van der Waals surface area contributed by atoms with E-state index in [0.29, 0.717) is 44.1 Å². The molecule has 0 aromatic carbocycles. The Bertz CT molecular complexity index is 317. The summed E-state index contributed by atoms with van der Waals surface area (Å²) in [6.45, 7) is 0. The molecule has 0 amide bonds. The Morgan fingerprint density at radius 1 is 1.24 bits per heavy atom. The number of hydrogen-bond acceptors (Lipinski definition) is 4. The molecular formula is C13H20O4. The molecule has 1 N–H and O–H groups in total. The lowest BCUT2D eigenvalue weighted by Gasteiger charge is -2.14. The number of rotatable bonds is 5. The van der Waals surface area contributed by atoms with Crippen LogP contribution in [0.2, 0.25) is 0 Å². The van der Waals surface area contributed by atoms with Crippen LogP contribution in [-0.4, -0.2) is 24.0 Å². The summed E-state index contributed by atoms with van der Waals surface area (Å²) in [6.07, 6.45) is 5.40. The van der Waals surface area contributed by atoms with Gasteiger partial charge in [0.2, 0.25) is 0 Å². The van der Waals surface area contributed by atoms with Crippen molar-refractivity contribution in [3.63, 3.8) is 0 Å². The molecule has 0 unspecified atom stereocenters. The van der Waals surface area contributed by atoms with Crippen molar-refractivity contribution in [1.29, 1.82) is 0 Å². The molecule has 0 atom stereocenters. The van der Waals surface area contributed by atoms with Gasteiger partial charge in [0.05, 0.1) is 12.9 Å². The van der Waals surface area contributed by atoms with Crippen molar-refractivity contribution >= 4 is 11.8 Å². The van der Waals surface area contributed by atoms with E-state index in [2.05, 4.69) is 4.74 Å². The van der Waals surface area contributed by atoms with Crippen molar-refractivity contribution in [2.75, 3.05) is 7.11 Å². The van der Waals surface area contributed by atoms with Crippen LogP contribution < -0.4 is 0 Å². The van der Waals surface area contributed by atoms with Crippen LogP contribution in [-0.2, 0) is 14.3 Å². The Labute approximate surface area is 102 Å². The van der Waals surface area contributed by atoms with Crippen molar-refractivity contribution in [2.24, 2.45) is 0 Å². The fourth-order valence-corrected chi connectivity index (χ4v) is 2.00. The predicted molar refractivity (Wildman–Crippen MR) is 63.6 cm³/mol. The van der Waals surface area contributed by atoms with Crippen LogP contribution in [0.4, 0.5) is 0 Å². The van der Waals surface area contributed by atoms with Gasteiger partial charge >= 0.3 is 5.97 Å². The predicted octanol–water partition coefficient (Wildman–Crippen LogP) is 2.68. The number of carbonyl (C=O) groups excluding carboxylic acids is 2. The Hall–Kier alpha value is -1.32. The summed E-state index contributed by atoms with van der Waals surface area (Å²) in [4.78, 5) is 22.4. The molecule has 1 aliphatic rings. The van der Waals surface area contributed by atoms with Crippen LogP contribution >= 0.6 is 0 Å². The molecular weight excluding hydrogens is 220 g/mol. The smallest absolute Gasteiger partial charge is 0.305 e. The fourth-order valence-electron chi connectivity index (χ4n) is 2.00. The first-order valence-corrected chi connectivity index (χ1v) is 6.16. The summed E-state index contributed by atoms with van der Waals surface area (Å²) in [5.74, 6) is 0.0761. The minimum absolute atomic E-state index is 0.0849. The van der Waals surface area contributed by atoms with Gasteiger partial charge in [0.15, 0.2) is 5.78 Å².